The zero-order chi connectivity index (χ0) is 20.6. The van der Waals surface area contributed by atoms with Gasteiger partial charge in [-0.15, -0.1) is 0 Å². The highest BCUT2D eigenvalue weighted by atomic mass is 15.1. The molecule has 0 spiro atoms. The molecular weight excluding hydrogens is 352 g/mol. The van der Waals surface area contributed by atoms with Gasteiger partial charge in [0, 0.05) is 24.8 Å². The number of aliphatic imine (C=N–C) groups is 1. The molecule has 2 heteroatoms. The number of rotatable bonds is 7. The molecule has 29 heavy (non-hydrogen) atoms. The minimum atomic E-state index is 0.353. The predicted molar refractivity (Wildman–Crippen MR) is 128 cm³/mol. The maximum atomic E-state index is 4.76. The average molecular weight is 385 g/mol. The molecule has 0 N–H and O–H groups in total. The monoisotopic (exact) mass is 384 g/mol. The van der Waals surface area contributed by atoms with Gasteiger partial charge in [0.05, 0.1) is 5.71 Å². The van der Waals surface area contributed by atoms with Crippen LogP contribution in [0.4, 0.5) is 5.69 Å². The molecule has 2 aromatic rings. The zero-order valence-corrected chi connectivity index (χ0v) is 18.1. The highest BCUT2D eigenvalue weighted by molar-refractivity contribution is 6.07. The summed E-state index contributed by atoms with van der Waals surface area (Å²) in [6, 6.07) is 20.0. The largest absolute Gasteiger partial charge is 0.372 e. The summed E-state index contributed by atoms with van der Waals surface area (Å²) in [4.78, 5) is 7.13. The Kier molecular flexibility index (Phi) is 7.24. The summed E-state index contributed by atoms with van der Waals surface area (Å²) < 4.78 is 0. The number of allylic oxidation sites excluding steroid dienone is 5. The molecule has 1 unspecified atom stereocenters. The van der Waals surface area contributed by atoms with Crippen LogP contribution in [0, 0.1) is 0 Å². The van der Waals surface area contributed by atoms with Crippen molar-refractivity contribution in [2.45, 2.75) is 40.2 Å². The minimum Gasteiger partial charge on any atom is -0.372 e. The summed E-state index contributed by atoms with van der Waals surface area (Å²) in [6.45, 7) is 10.8. The van der Waals surface area contributed by atoms with E-state index in [1.54, 1.807) is 0 Å². The second-order valence-electron chi connectivity index (χ2n) is 7.39. The number of anilines is 1. The Morgan fingerprint density at radius 1 is 0.793 bits per heavy atom. The van der Waals surface area contributed by atoms with Crippen molar-refractivity contribution in [3.63, 3.8) is 0 Å². The fourth-order valence-electron chi connectivity index (χ4n) is 3.59. The average Bonchev–Trinajstić information content (AvgIpc) is 2.77. The number of hydrogen-bond acceptors (Lipinski definition) is 2. The molecule has 3 rings (SSSR count). The van der Waals surface area contributed by atoms with Crippen LogP contribution >= 0.6 is 0 Å². The fraction of sp³-hybridized carbons (Fsp3) is 0.296. The SMILES string of the molecule is CCC(C)N=C1C=CC(=C(c2ccccc2)c2ccc(N(CC)CC)cc2)C=C1. The lowest BCUT2D eigenvalue weighted by atomic mass is 9.90. The van der Waals surface area contributed by atoms with Gasteiger partial charge in [-0.25, -0.2) is 0 Å². The first-order valence-corrected chi connectivity index (χ1v) is 10.7. The molecule has 0 fully saturated rings. The van der Waals surface area contributed by atoms with E-state index in [1.165, 1.54) is 28.0 Å². The molecule has 0 heterocycles. The molecule has 1 aliphatic carbocycles. The molecule has 0 amide bonds. The van der Waals surface area contributed by atoms with Crippen molar-refractivity contribution in [3.8, 4) is 0 Å². The van der Waals surface area contributed by atoms with Gasteiger partial charge in [-0.3, -0.25) is 4.99 Å². The Labute approximate surface area is 176 Å². The summed E-state index contributed by atoms with van der Waals surface area (Å²) in [5.74, 6) is 0. The van der Waals surface area contributed by atoms with Gasteiger partial charge in [0.2, 0.25) is 0 Å². The van der Waals surface area contributed by atoms with E-state index in [1.807, 2.05) is 0 Å². The van der Waals surface area contributed by atoms with Gasteiger partial charge in [0.1, 0.15) is 0 Å². The van der Waals surface area contributed by atoms with Crippen LogP contribution in [0.1, 0.15) is 45.2 Å². The van der Waals surface area contributed by atoms with Crippen LogP contribution in [0.2, 0.25) is 0 Å². The molecule has 0 aromatic heterocycles. The van der Waals surface area contributed by atoms with Crippen LogP contribution < -0.4 is 4.90 Å². The molecule has 0 radical (unpaired) electrons. The summed E-state index contributed by atoms with van der Waals surface area (Å²) in [5.41, 5.74) is 7.26. The number of nitrogens with zero attached hydrogens (tertiary/aromatic N) is 2. The van der Waals surface area contributed by atoms with Crippen LogP contribution in [-0.2, 0) is 0 Å². The van der Waals surface area contributed by atoms with Crippen molar-refractivity contribution in [1.29, 1.82) is 0 Å². The van der Waals surface area contributed by atoms with Crippen LogP contribution in [-0.4, -0.2) is 24.8 Å². The van der Waals surface area contributed by atoms with E-state index in [0.717, 1.165) is 25.2 Å². The van der Waals surface area contributed by atoms with E-state index in [0.29, 0.717) is 6.04 Å². The van der Waals surface area contributed by atoms with Crippen LogP contribution in [0.3, 0.4) is 0 Å². The third kappa shape index (κ3) is 5.14. The van der Waals surface area contributed by atoms with E-state index < -0.39 is 0 Å². The normalized spacial score (nSPS) is 14.1. The number of benzene rings is 2. The van der Waals surface area contributed by atoms with Crippen LogP contribution in [0.5, 0.6) is 0 Å². The summed E-state index contributed by atoms with van der Waals surface area (Å²) in [7, 11) is 0. The number of hydrogen-bond donors (Lipinski definition) is 0. The molecule has 0 saturated heterocycles. The van der Waals surface area contributed by atoms with Crippen LogP contribution in [0.25, 0.3) is 5.57 Å². The predicted octanol–water partition coefficient (Wildman–Crippen LogP) is 6.70. The van der Waals surface area contributed by atoms with Gasteiger partial charge in [0.25, 0.3) is 0 Å². The van der Waals surface area contributed by atoms with E-state index in [-0.39, 0.29) is 0 Å². The minimum absolute atomic E-state index is 0.353. The van der Waals surface area contributed by atoms with Gasteiger partial charge >= 0.3 is 0 Å². The fourth-order valence-corrected chi connectivity index (χ4v) is 3.59. The van der Waals surface area contributed by atoms with Gasteiger partial charge in [0.15, 0.2) is 0 Å². The Morgan fingerprint density at radius 2 is 1.38 bits per heavy atom. The van der Waals surface area contributed by atoms with Crippen molar-refractivity contribution in [2.75, 3.05) is 18.0 Å². The zero-order valence-electron chi connectivity index (χ0n) is 18.1. The Hall–Kier alpha value is -2.87. The third-order valence-corrected chi connectivity index (χ3v) is 5.46. The first kappa shape index (κ1) is 20.9. The third-order valence-electron chi connectivity index (χ3n) is 5.46. The second-order valence-corrected chi connectivity index (χ2v) is 7.39. The highest BCUT2D eigenvalue weighted by Gasteiger charge is 2.12. The lowest BCUT2D eigenvalue weighted by Crippen LogP contribution is -2.21. The first-order valence-electron chi connectivity index (χ1n) is 10.7. The highest BCUT2D eigenvalue weighted by Crippen LogP contribution is 2.31. The lowest BCUT2D eigenvalue weighted by molar-refractivity contribution is 0.718. The summed E-state index contributed by atoms with van der Waals surface area (Å²) >= 11 is 0. The molecule has 2 aromatic carbocycles. The van der Waals surface area contributed by atoms with E-state index in [9.17, 15) is 0 Å². The van der Waals surface area contributed by atoms with Gasteiger partial charge in [-0.2, -0.15) is 0 Å². The van der Waals surface area contributed by atoms with Crippen LogP contribution in [0.15, 0.2) is 89.5 Å². The lowest BCUT2D eigenvalue weighted by Gasteiger charge is -2.22. The quantitative estimate of drug-likeness (QED) is 0.518. The van der Waals surface area contributed by atoms with E-state index in [4.69, 9.17) is 4.99 Å². The summed E-state index contributed by atoms with van der Waals surface area (Å²) in [6.07, 6.45) is 9.72. The molecular formula is C27H32N2. The van der Waals surface area contributed by atoms with E-state index >= 15 is 0 Å². The first-order chi connectivity index (χ1) is 14.2. The molecule has 1 aliphatic rings. The molecule has 0 bridgehead atoms. The standard InChI is InChI=1S/C27H32N2/c1-5-21(4)28-25-17-13-23(14-18-25)27(22-11-9-8-10-12-22)24-15-19-26(20-16-24)29(6-2)7-3/h8-21H,5-7H2,1-4H3. The van der Waals surface area contributed by atoms with Crippen molar-refractivity contribution in [1.82, 2.24) is 0 Å². The van der Waals surface area contributed by atoms with Gasteiger partial charge in [-0.05, 0) is 73.7 Å². The topological polar surface area (TPSA) is 15.6 Å². The molecule has 0 saturated carbocycles. The van der Waals surface area contributed by atoms with E-state index in [2.05, 4.69) is 111 Å². The van der Waals surface area contributed by atoms with Crippen molar-refractivity contribution in [2.24, 2.45) is 4.99 Å². The smallest absolute Gasteiger partial charge is 0.0577 e. The second kappa shape index (κ2) is 10.1. The molecule has 1 atom stereocenters. The van der Waals surface area contributed by atoms with Gasteiger partial charge in [-0.1, -0.05) is 61.5 Å². The molecule has 150 valence electrons. The molecule has 0 aliphatic heterocycles. The maximum absolute atomic E-state index is 4.76. The Bertz CT molecular complexity index is 893. The van der Waals surface area contributed by atoms with Gasteiger partial charge < -0.3 is 4.90 Å². The molecule has 2 nitrogen and oxygen atoms in total. The Morgan fingerprint density at radius 3 is 1.93 bits per heavy atom. The van der Waals surface area contributed by atoms with Crippen molar-refractivity contribution >= 4 is 17.0 Å². The Balaban J connectivity index is 2.02. The van der Waals surface area contributed by atoms with Crippen molar-refractivity contribution in [3.05, 3.63) is 95.6 Å². The summed E-state index contributed by atoms with van der Waals surface area (Å²) in [5, 5.41) is 0. The van der Waals surface area contributed by atoms with Crippen molar-refractivity contribution < 1.29 is 0 Å². The maximum Gasteiger partial charge on any atom is 0.0577 e.